The highest BCUT2D eigenvalue weighted by Gasteiger charge is 2.49. The van der Waals surface area contributed by atoms with E-state index in [1.165, 1.54) is 0 Å². The Morgan fingerprint density at radius 1 is 1.12 bits per heavy atom. The van der Waals surface area contributed by atoms with Crippen LogP contribution in [-0.2, 0) is 9.31 Å². The monoisotopic (exact) mass is 225 g/mol. The van der Waals surface area contributed by atoms with Gasteiger partial charge < -0.3 is 14.2 Å². The van der Waals surface area contributed by atoms with Gasteiger partial charge in [-0.05, 0) is 41.3 Å². The van der Waals surface area contributed by atoms with Crippen LogP contribution in [0.3, 0.4) is 0 Å². The van der Waals surface area contributed by atoms with Gasteiger partial charge in [0.25, 0.3) is 0 Å². The zero-order chi connectivity index (χ0) is 12.4. The molecule has 0 N–H and O–H groups in total. The standard InChI is InChI=1S/C12H24BNO2/c1-7-14(6)10-8-9-13-15-11(2,3)12(4,5)16-13/h8-9H,7,10H2,1-6H3. The highest BCUT2D eigenvalue weighted by Crippen LogP contribution is 2.36. The fraction of sp³-hybridized carbons (Fsp3) is 0.833. The first-order chi connectivity index (χ1) is 7.28. The average molecular weight is 225 g/mol. The van der Waals surface area contributed by atoms with Gasteiger partial charge in [0.15, 0.2) is 0 Å². The fourth-order valence-corrected chi connectivity index (χ4v) is 1.45. The van der Waals surface area contributed by atoms with E-state index in [1.807, 2.05) is 5.98 Å². The summed E-state index contributed by atoms with van der Waals surface area (Å²) in [7, 11) is 1.88. The van der Waals surface area contributed by atoms with Crippen LogP contribution in [0.25, 0.3) is 0 Å². The van der Waals surface area contributed by atoms with E-state index in [0.29, 0.717) is 0 Å². The van der Waals surface area contributed by atoms with Gasteiger partial charge in [-0.3, -0.25) is 0 Å². The number of likely N-dealkylation sites (N-methyl/N-ethyl adjacent to an activating group) is 1. The summed E-state index contributed by atoms with van der Waals surface area (Å²) in [6.45, 7) is 12.4. The lowest BCUT2D eigenvalue weighted by Crippen LogP contribution is -2.41. The number of nitrogens with zero attached hydrogens (tertiary/aromatic N) is 1. The van der Waals surface area contributed by atoms with Crippen LogP contribution in [0.15, 0.2) is 12.1 Å². The Balaban J connectivity index is 2.48. The van der Waals surface area contributed by atoms with E-state index in [-0.39, 0.29) is 18.3 Å². The van der Waals surface area contributed by atoms with Crippen LogP contribution in [0.4, 0.5) is 0 Å². The van der Waals surface area contributed by atoms with Crippen LogP contribution in [0.1, 0.15) is 34.6 Å². The molecule has 0 aromatic carbocycles. The van der Waals surface area contributed by atoms with Crippen molar-refractivity contribution in [3.8, 4) is 0 Å². The van der Waals surface area contributed by atoms with E-state index < -0.39 is 0 Å². The van der Waals surface area contributed by atoms with Gasteiger partial charge in [0.05, 0.1) is 11.2 Å². The van der Waals surface area contributed by atoms with Crippen molar-refractivity contribution in [2.24, 2.45) is 0 Å². The molecule has 4 heteroatoms. The Bertz CT molecular complexity index is 248. The van der Waals surface area contributed by atoms with Gasteiger partial charge in [-0.25, -0.2) is 0 Å². The van der Waals surface area contributed by atoms with Crippen LogP contribution in [-0.4, -0.2) is 43.4 Å². The molecule has 0 unspecified atom stereocenters. The molecule has 0 saturated carbocycles. The second-order valence-electron chi connectivity index (χ2n) is 5.41. The van der Waals surface area contributed by atoms with Crippen molar-refractivity contribution in [3.63, 3.8) is 0 Å². The quantitative estimate of drug-likeness (QED) is 0.684. The molecular weight excluding hydrogens is 201 g/mol. The molecule has 0 aromatic rings. The number of hydrogen-bond donors (Lipinski definition) is 0. The molecule has 0 aliphatic carbocycles. The summed E-state index contributed by atoms with van der Waals surface area (Å²) in [6, 6.07) is 0. The van der Waals surface area contributed by atoms with E-state index in [1.54, 1.807) is 0 Å². The molecule has 0 atom stereocenters. The van der Waals surface area contributed by atoms with Gasteiger partial charge in [-0.15, -0.1) is 0 Å². The summed E-state index contributed by atoms with van der Waals surface area (Å²) < 4.78 is 11.7. The fourth-order valence-electron chi connectivity index (χ4n) is 1.45. The second kappa shape index (κ2) is 4.90. The maximum Gasteiger partial charge on any atom is 0.486 e. The Morgan fingerprint density at radius 3 is 2.06 bits per heavy atom. The van der Waals surface area contributed by atoms with Gasteiger partial charge in [-0.1, -0.05) is 19.0 Å². The third kappa shape index (κ3) is 3.09. The van der Waals surface area contributed by atoms with Gasteiger partial charge in [0, 0.05) is 6.54 Å². The topological polar surface area (TPSA) is 21.7 Å². The smallest absolute Gasteiger partial charge is 0.400 e. The predicted molar refractivity (Wildman–Crippen MR) is 68.4 cm³/mol. The number of rotatable bonds is 4. The molecule has 1 aliphatic rings. The molecule has 0 radical (unpaired) electrons. The molecule has 1 rings (SSSR count). The van der Waals surface area contributed by atoms with Gasteiger partial charge >= 0.3 is 7.12 Å². The molecule has 0 aromatic heterocycles. The van der Waals surface area contributed by atoms with Crippen LogP contribution in [0.2, 0.25) is 0 Å². The SMILES string of the molecule is CCN(C)CC=CB1OC(C)(C)C(C)(C)O1. The zero-order valence-electron chi connectivity index (χ0n) is 11.4. The molecule has 1 heterocycles. The minimum absolute atomic E-state index is 0.213. The van der Waals surface area contributed by atoms with Crippen molar-refractivity contribution in [3.05, 3.63) is 12.1 Å². The summed E-state index contributed by atoms with van der Waals surface area (Å²) in [4.78, 5) is 2.22. The largest absolute Gasteiger partial charge is 0.486 e. The summed E-state index contributed by atoms with van der Waals surface area (Å²) in [5.74, 6) is 2.00. The Morgan fingerprint density at radius 2 is 1.62 bits per heavy atom. The van der Waals surface area contributed by atoms with Crippen molar-refractivity contribution in [2.75, 3.05) is 20.1 Å². The second-order valence-corrected chi connectivity index (χ2v) is 5.41. The lowest BCUT2D eigenvalue weighted by atomic mass is 9.90. The first-order valence-electron chi connectivity index (χ1n) is 5.99. The highest BCUT2D eigenvalue weighted by molar-refractivity contribution is 6.51. The molecule has 1 aliphatic heterocycles. The van der Waals surface area contributed by atoms with Gasteiger partial charge in [-0.2, -0.15) is 0 Å². The number of hydrogen-bond acceptors (Lipinski definition) is 3. The molecule has 3 nitrogen and oxygen atoms in total. The molecule has 0 bridgehead atoms. The molecule has 1 fully saturated rings. The summed E-state index contributed by atoms with van der Waals surface area (Å²) in [5, 5.41) is 0. The maximum absolute atomic E-state index is 5.85. The molecule has 1 saturated heterocycles. The Kier molecular flexibility index (Phi) is 4.21. The van der Waals surface area contributed by atoms with E-state index in [4.69, 9.17) is 9.31 Å². The average Bonchev–Trinajstić information content (AvgIpc) is 2.35. The van der Waals surface area contributed by atoms with Crippen molar-refractivity contribution >= 4 is 7.12 Å². The van der Waals surface area contributed by atoms with Crippen LogP contribution < -0.4 is 0 Å². The van der Waals surface area contributed by atoms with Crippen molar-refractivity contribution < 1.29 is 9.31 Å². The maximum atomic E-state index is 5.85. The van der Waals surface area contributed by atoms with E-state index in [0.717, 1.165) is 13.1 Å². The minimum atomic E-state index is -0.237. The van der Waals surface area contributed by atoms with E-state index in [2.05, 4.69) is 52.6 Å². The van der Waals surface area contributed by atoms with Crippen molar-refractivity contribution in [1.29, 1.82) is 0 Å². The van der Waals surface area contributed by atoms with Gasteiger partial charge in [0.2, 0.25) is 0 Å². The third-order valence-corrected chi connectivity index (χ3v) is 3.52. The van der Waals surface area contributed by atoms with Crippen molar-refractivity contribution in [2.45, 2.75) is 45.8 Å². The minimum Gasteiger partial charge on any atom is -0.400 e. The van der Waals surface area contributed by atoms with Gasteiger partial charge in [0.1, 0.15) is 0 Å². The van der Waals surface area contributed by atoms with E-state index >= 15 is 0 Å². The van der Waals surface area contributed by atoms with Crippen molar-refractivity contribution in [1.82, 2.24) is 4.90 Å². The molecule has 16 heavy (non-hydrogen) atoms. The molecule has 0 spiro atoms. The third-order valence-electron chi connectivity index (χ3n) is 3.52. The summed E-state index contributed by atoms with van der Waals surface area (Å²) in [6.07, 6.45) is 2.10. The van der Waals surface area contributed by atoms with Crippen LogP contribution in [0, 0.1) is 0 Å². The Hall–Kier alpha value is -0.315. The summed E-state index contributed by atoms with van der Waals surface area (Å²) >= 11 is 0. The lowest BCUT2D eigenvalue weighted by Gasteiger charge is -2.32. The highest BCUT2D eigenvalue weighted by atomic mass is 16.7. The van der Waals surface area contributed by atoms with E-state index in [9.17, 15) is 0 Å². The molecule has 0 amide bonds. The predicted octanol–water partition coefficient (Wildman–Crippen LogP) is 2.13. The normalized spacial score (nSPS) is 23.6. The first kappa shape index (κ1) is 13.7. The van der Waals surface area contributed by atoms with Crippen LogP contribution in [0.5, 0.6) is 0 Å². The Labute approximate surface area is 99.9 Å². The van der Waals surface area contributed by atoms with Crippen LogP contribution >= 0.6 is 0 Å². The first-order valence-corrected chi connectivity index (χ1v) is 5.99. The lowest BCUT2D eigenvalue weighted by molar-refractivity contribution is 0.00578. The molecular formula is C12H24BNO2. The molecule has 92 valence electrons. The zero-order valence-corrected chi connectivity index (χ0v) is 11.4. The summed E-state index contributed by atoms with van der Waals surface area (Å²) in [5.41, 5.74) is -0.475.